The minimum absolute atomic E-state index is 0.0663. The molecule has 0 aromatic heterocycles. The highest BCUT2D eigenvalue weighted by Crippen LogP contribution is 2.27. The lowest BCUT2D eigenvalue weighted by Crippen LogP contribution is -2.42. The third kappa shape index (κ3) is 6.41. The highest BCUT2D eigenvalue weighted by molar-refractivity contribution is 6.32. The number of hydrogen-bond donors (Lipinski definition) is 1. The summed E-state index contributed by atoms with van der Waals surface area (Å²) in [6.07, 6.45) is 1.35. The Kier molecular flexibility index (Phi) is 6.75. The predicted octanol–water partition coefficient (Wildman–Crippen LogP) is 3.99. The normalized spacial score (nSPS) is 15.6. The topological polar surface area (TPSA) is 76.1 Å². The number of carbonyl (C=O) groups excluding carboxylic acids is 1. The predicted molar refractivity (Wildman–Crippen MR) is 98.8 cm³/mol. The van der Waals surface area contributed by atoms with Gasteiger partial charge in [0.15, 0.2) is 0 Å². The van der Waals surface area contributed by atoms with Crippen LogP contribution in [0.2, 0.25) is 5.02 Å². The fourth-order valence-electron chi connectivity index (χ4n) is 2.76. The maximum Gasteiger partial charge on any atom is 0.410 e. The molecule has 1 amide bonds. The van der Waals surface area contributed by atoms with Crippen molar-refractivity contribution in [2.75, 3.05) is 19.7 Å². The molecule has 0 bridgehead atoms. The lowest BCUT2D eigenvalue weighted by Gasteiger charge is -2.33. The summed E-state index contributed by atoms with van der Waals surface area (Å²) in [6.45, 7) is 7.38. The first-order chi connectivity index (χ1) is 12.1. The molecule has 1 aliphatic heterocycles. The molecule has 0 radical (unpaired) electrons. The van der Waals surface area contributed by atoms with E-state index in [0.29, 0.717) is 41.9 Å². The molecule has 6 nitrogen and oxygen atoms in total. The van der Waals surface area contributed by atoms with E-state index < -0.39 is 11.6 Å². The van der Waals surface area contributed by atoms with Gasteiger partial charge in [-0.15, -0.1) is 0 Å². The van der Waals surface area contributed by atoms with Crippen LogP contribution in [0.15, 0.2) is 18.2 Å². The molecular weight excluding hydrogens is 358 g/mol. The highest BCUT2D eigenvalue weighted by Gasteiger charge is 2.27. The molecule has 144 valence electrons. The van der Waals surface area contributed by atoms with E-state index in [2.05, 4.69) is 0 Å². The first kappa shape index (κ1) is 20.4. The zero-order chi connectivity index (χ0) is 19.3. The number of carbonyl (C=O) groups is 2. The molecule has 1 heterocycles. The van der Waals surface area contributed by atoms with Crippen LogP contribution in [0.3, 0.4) is 0 Å². The molecule has 0 aliphatic carbocycles. The summed E-state index contributed by atoms with van der Waals surface area (Å²) in [5, 5.41) is 9.22. The molecule has 1 aromatic rings. The molecular formula is C19H26ClNO5. The molecule has 0 saturated carbocycles. The van der Waals surface area contributed by atoms with E-state index in [9.17, 15) is 9.59 Å². The lowest BCUT2D eigenvalue weighted by atomic mass is 9.98. The van der Waals surface area contributed by atoms with Gasteiger partial charge in [-0.2, -0.15) is 0 Å². The van der Waals surface area contributed by atoms with E-state index >= 15 is 0 Å². The summed E-state index contributed by atoms with van der Waals surface area (Å²) >= 11 is 6.17. The van der Waals surface area contributed by atoms with Crippen LogP contribution in [0.1, 0.15) is 39.2 Å². The van der Waals surface area contributed by atoms with E-state index in [-0.39, 0.29) is 12.5 Å². The quantitative estimate of drug-likeness (QED) is 0.831. The Morgan fingerprint density at radius 2 is 1.92 bits per heavy atom. The van der Waals surface area contributed by atoms with Crippen molar-refractivity contribution >= 4 is 23.7 Å². The monoisotopic (exact) mass is 383 g/mol. The molecule has 0 unspecified atom stereocenters. The number of aliphatic carboxylic acids is 1. The van der Waals surface area contributed by atoms with Crippen molar-refractivity contribution in [3.63, 3.8) is 0 Å². The Hall–Kier alpha value is -1.95. The van der Waals surface area contributed by atoms with Gasteiger partial charge in [0.05, 0.1) is 18.1 Å². The largest absolute Gasteiger partial charge is 0.492 e. The second kappa shape index (κ2) is 8.62. The summed E-state index contributed by atoms with van der Waals surface area (Å²) in [4.78, 5) is 24.5. The van der Waals surface area contributed by atoms with Crippen LogP contribution < -0.4 is 4.74 Å². The van der Waals surface area contributed by atoms with E-state index in [1.807, 2.05) is 20.8 Å². The van der Waals surface area contributed by atoms with Gasteiger partial charge in [0.2, 0.25) is 0 Å². The third-order valence-corrected chi connectivity index (χ3v) is 4.39. The summed E-state index contributed by atoms with van der Waals surface area (Å²) in [5.41, 5.74) is 0.154. The van der Waals surface area contributed by atoms with Gasteiger partial charge in [-0.1, -0.05) is 17.7 Å². The number of benzene rings is 1. The standard InChI is InChI=1S/C19H26ClNO5/c1-19(2,3)26-18(24)21-8-6-13(7-9-21)12-25-16-5-4-14(10-15(16)20)11-17(22)23/h4-5,10,13H,6-9,11-12H2,1-3H3,(H,22,23). The Morgan fingerprint density at radius 1 is 1.27 bits per heavy atom. The smallest absolute Gasteiger partial charge is 0.410 e. The molecule has 0 spiro atoms. The van der Waals surface area contributed by atoms with Crippen LogP contribution in [-0.4, -0.2) is 47.4 Å². The molecule has 26 heavy (non-hydrogen) atoms. The minimum Gasteiger partial charge on any atom is -0.492 e. The van der Waals surface area contributed by atoms with E-state index in [1.165, 1.54) is 0 Å². The van der Waals surface area contributed by atoms with Gasteiger partial charge in [0.1, 0.15) is 11.4 Å². The molecule has 1 aliphatic rings. The minimum atomic E-state index is -0.897. The van der Waals surface area contributed by atoms with Crippen molar-refractivity contribution in [1.82, 2.24) is 4.90 Å². The van der Waals surface area contributed by atoms with Crippen LogP contribution in [0.5, 0.6) is 5.75 Å². The number of carboxylic acids is 1. The maximum absolute atomic E-state index is 12.1. The van der Waals surface area contributed by atoms with Gasteiger partial charge in [-0.3, -0.25) is 4.79 Å². The molecule has 1 aromatic carbocycles. The van der Waals surface area contributed by atoms with Crippen molar-refractivity contribution in [2.24, 2.45) is 5.92 Å². The highest BCUT2D eigenvalue weighted by atomic mass is 35.5. The van der Waals surface area contributed by atoms with E-state index in [4.69, 9.17) is 26.2 Å². The van der Waals surface area contributed by atoms with Crippen LogP contribution in [-0.2, 0) is 16.0 Å². The maximum atomic E-state index is 12.1. The van der Waals surface area contributed by atoms with Gasteiger partial charge in [0, 0.05) is 13.1 Å². The van der Waals surface area contributed by atoms with Crippen molar-refractivity contribution in [3.8, 4) is 5.75 Å². The Bertz CT molecular complexity index is 648. The average Bonchev–Trinajstić information content (AvgIpc) is 2.52. The molecule has 1 saturated heterocycles. The third-order valence-electron chi connectivity index (χ3n) is 4.09. The summed E-state index contributed by atoms with van der Waals surface area (Å²) < 4.78 is 11.2. The molecule has 7 heteroatoms. The van der Waals surface area contributed by atoms with Gasteiger partial charge >= 0.3 is 12.1 Å². The molecule has 2 rings (SSSR count). The van der Waals surface area contributed by atoms with Crippen LogP contribution in [0, 0.1) is 5.92 Å². The number of amides is 1. The van der Waals surface area contributed by atoms with Crippen LogP contribution >= 0.6 is 11.6 Å². The molecule has 1 fully saturated rings. The first-order valence-electron chi connectivity index (χ1n) is 8.75. The number of rotatable bonds is 5. The van der Waals surface area contributed by atoms with Crippen molar-refractivity contribution < 1.29 is 24.2 Å². The van der Waals surface area contributed by atoms with Gasteiger partial charge in [0.25, 0.3) is 0 Å². The first-order valence-corrected chi connectivity index (χ1v) is 9.13. The number of carboxylic acid groups (broad SMARTS) is 1. The van der Waals surface area contributed by atoms with E-state index in [1.54, 1.807) is 23.1 Å². The fourth-order valence-corrected chi connectivity index (χ4v) is 3.02. The zero-order valence-corrected chi connectivity index (χ0v) is 16.2. The number of likely N-dealkylation sites (tertiary alicyclic amines) is 1. The van der Waals surface area contributed by atoms with Gasteiger partial charge in [-0.05, 0) is 57.2 Å². The number of hydrogen-bond acceptors (Lipinski definition) is 4. The molecule has 1 N–H and O–H groups in total. The van der Waals surface area contributed by atoms with Crippen molar-refractivity contribution in [3.05, 3.63) is 28.8 Å². The number of ether oxygens (including phenoxy) is 2. The SMILES string of the molecule is CC(C)(C)OC(=O)N1CCC(COc2ccc(CC(=O)O)cc2Cl)CC1. The second-order valence-corrected chi connectivity index (χ2v) is 7.96. The Labute approximate surface area is 159 Å². The summed E-state index contributed by atoms with van der Waals surface area (Å²) in [7, 11) is 0. The molecule has 0 atom stereocenters. The van der Waals surface area contributed by atoms with Crippen LogP contribution in [0.25, 0.3) is 0 Å². The Balaban J connectivity index is 1.80. The van der Waals surface area contributed by atoms with Crippen molar-refractivity contribution in [1.29, 1.82) is 0 Å². The van der Waals surface area contributed by atoms with Crippen molar-refractivity contribution in [2.45, 2.75) is 45.6 Å². The van der Waals surface area contributed by atoms with E-state index in [0.717, 1.165) is 12.8 Å². The number of halogens is 1. The fraction of sp³-hybridized carbons (Fsp3) is 0.579. The lowest BCUT2D eigenvalue weighted by molar-refractivity contribution is -0.136. The number of nitrogens with zero attached hydrogens (tertiary/aromatic N) is 1. The van der Waals surface area contributed by atoms with Crippen LogP contribution in [0.4, 0.5) is 4.79 Å². The Morgan fingerprint density at radius 3 is 2.46 bits per heavy atom. The van der Waals surface area contributed by atoms with Gasteiger partial charge in [-0.25, -0.2) is 4.79 Å². The van der Waals surface area contributed by atoms with Gasteiger partial charge < -0.3 is 19.5 Å². The summed E-state index contributed by atoms with van der Waals surface area (Å²) in [6, 6.07) is 5.03. The average molecular weight is 384 g/mol. The summed E-state index contributed by atoms with van der Waals surface area (Å²) in [5.74, 6) is -0.00897. The number of piperidine rings is 1. The second-order valence-electron chi connectivity index (χ2n) is 7.56. The zero-order valence-electron chi connectivity index (χ0n) is 15.5.